The number of nitrogens with zero attached hydrogens (tertiary/aromatic N) is 2. The molecule has 1 fully saturated rings. The maximum atomic E-state index is 13.7. The van der Waals surface area contributed by atoms with E-state index >= 15 is 0 Å². The van der Waals surface area contributed by atoms with Crippen molar-refractivity contribution in [1.29, 1.82) is 0 Å². The molecule has 2 aliphatic rings. The van der Waals surface area contributed by atoms with Crippen LogP contribution in [0, 0.1) is 11.8 Å². The number of aromatic nitrogens is 2. The third-order valence-electron chi connectivity index (χ3n) is 6.80. The molecule has 7 heteroatoms. The molecular formula is C26H25F2N3O2. The van der Waals surface area contributed by atoms with Crippen molar-refractivity contribution in [3.63, 3.8) is 0 Å². The predicted molar refractivity (Wildman–Crippen MR) is 121 cm³/mol. The van der Waals surface area contributed by atoms with Crippen LogP contribution in [0.3, 0.4) is 0 Å². The van der Waals surface area contributed by atoms with Gasteiger partial charge in [-0.05, 0) is 30.4 Å². The highest BCUT2D eigenvalue weighted by atomic mass is 19.3. The van der Waals surface area contributed by atoms with Crippen LogP contribution in [0.1, 0.15) is 47.7 Å². The van der Waals surface area contributed by atoms with Crippen LogP contribution in [0.5, 0.6) is 0 Å². The van der Waals surface area contributed by atoms with Crippen molar-refractivity contribution in [3.05, 3.63) is 93.4 Å². The van der Waals surface area contributed by atoms with E-state index in [2.05, 4.69) is 4.98 Å². The van der Waals surface area contributed by atoms with E-state index in [1.54, 1.807) is 0 Å². The first kappa shape index (κ1) is 21.5. The molecule has 2 aromatic carbocycles. The molecule has 5 nitrogen and oxygen atoms in total. The fourth-order valence-electron chi connectivity index (χ4n) is 4.97. The lowest BCUT2D eigenvalue weighted by atomic mass is 9.92. The van der Waals surface area contributed by atoms with E-state index in [0.717, 1.165) is 11.1 Å². The average Bonchev–Trinajstić information content (AvgIpc) is 3.51. The van der Waals surface area contributed by atoms with E-state index in [1.165, 1.54) is 4.57 Å². The minimum absolute atomic E-state index is 0.0568. The third-order valence-corrected chi connectivity index (χ3v) is 6.80. The van der Waals surface area contributed by atoms with Crippen LogP contribution in [0.25, 0.3) is 0 Å². The number of carbonyl (C=O) groups excluding carboxylic acids is 1. The van der Waals surface area contributed by atoms with Gasteiger partial charge in [-0.3, -0.25) is 14.2 Å². The van der Waals surface area contributed by atoms with Gasteiger partial charge in [0.05, 0.1) is 17.7 Å². The summed E-state index contributed by atoms with van der Waals surface area (Å²) in [4.78, 5) is 30.9. The summed E-state index contributed by atoms with van der Waals surface area (Å²) in [5, 5.41) is 0. The zero-order valence-electron chi connectivity index (χ0n) is 18.1. The van der Waals surface area contributed by atoms with Crippen molar-refractivity contribution in [2.24, 2.45) is 11.8 Å². The van der Waals surface area contributed by atoms with Crippen molar-refractivity contribution in [3.8, 4) is 0 Å². The lowest BCUT2D eigenvalue weighted by Crippen LogP contribution is -2.33. The number of nitrogen functional groups attached to an aromatic ring is 1. The lowest BCUT2D eigenvalue weighted by Gasteiger charge is -2.24. The van der Waals surface area contributed by atoms with Gasteiger partial charge in [0.1, 0.15) is 5.78 Å². The number of fused-ring (bicyclic) bond motifs is 1. The molecule has 0 saturated heterocycles. The van der Waals surface area contributed by atoms with E-state index in [9.17, 15) is 18.4 Å². The zero-order valence-corrected chi connectivity index (χ0v) is 18.1. The largest absolute Gasteiger partial charge is 0.369 e. The molecular weight excluding hydrogens is 424 g/mol. The van der Waals surface area contributed by atoms with Crippen LogP contribution in [-0.2, 0) is 17.6 Å². The van der Waals surface area contributed by atoms with Crippen LogP contribution in [-0.4, -0.2) is 21.3 Å². The molecule has 5 rings (SSSR count). The molecule has 0 amide bonds. The van der Waals surface area contributed by atoms with Crippen LogP contribution in [0.4, 0.5) is 14.7 Å². The number of hydrogen-bond acceptors (Lipinski definition) is 4. The van der Waals surface area contributed by atoms with Crippen LogP contribution in [0.15, 0.2) is 65.5 Å². The Morgan fingerprint density at radius 1 is 1.06 bits per heavy atom. The number of rotatable bonds is 5. The van der Waals surface area contributed by atoms with Crippen molar-refractivity contribution in [2.75, 3.05) is 5.73 Å². The molecule has 2 N–H and O–H groups in total. The Bertz CT molecular complexity index is 1200. The van der Waals surface area contributed by atoms with Crippen LogP contribution >= 0.6 is 0 Å². The van der Waals surface area contributed by atoms with Crippen molar-refractivity contribution >= 4 is 11.7 Å². The monoisotopic (exact) mass is 449 g/mol. The summed E-state index contributed by atoms with van der Waals surface area (Å²) < 4.78 is 28.5. The second-order valence-corrected chi connectivity index (χ2v) is 9.01. The fourth-order valence-corrected chi connectivity index (χ4v) is 4.97. The smallest absolute Gasteiger partial charge is 0.259 e. The normalized spacial score (nSPS) is 21.3. The first-order valence-electron chi connectivity index (χ1n) is 11.3. The Balaban J connectivity index is 1.57. The van der Waals surface area contributed by atoms with E-state index in [0.29, 0.717) is 30.5 Å². The predicted octanol–water partition coefficient (Wildman–Crippen LogP) is 4.18. The summed E-state index contributed by atoms with van der Waals surface area (Å²) in [6, 6.07) is 18.8. The molecule has 1 heterocycles. The average molecular weight is 450 g/mol. The quantitative estimate of drug-likeness (QED) is 0.593. The van der Waals surface area contributed by atoms with Crippen LogP contribution < -0.4 is 11.3 Å². The molecule has 2 atom stereocenters. The Morgan fingerprint density at radius 2 is 1.64 bits per heavy atom. The first-order valence-corrected chi connectivity index (χ1v) is 11.3. The SMILES string of the molecule is Nc1nc2c(c(=O)n1C(c1ccccc1)c1ccccc1)CCCC(C(=O)C1CC1(F)F)C2. The number of Topliss-reactive ketones (excluding diaryl/α,β-unsaturated/α-hetero) is 1. The summed E-state index contributed by atoms with van der Waals surface area (Å²) in [5.41, 5.74) is 8.91. The Morgan fingerprint density at radius 3 is 2.18 bits per heavy atom. The Labute approximate surface area is 190 Å². The fraction of sp³-hybridized carbons (Fsp3) is 0.346. The van der Waals surface area contributed by atoms with Crippen molar-refractivity contribution in [2.45, 2.75) is 44.1 Å². The number of hydrogen-bond donors (Lipinski definition) is 1. The summed E-state index contributed by atoms with van der Waals surface area (Å²) in [6.07, 6.45) is 1.30. The Hall–Kier alpha value is -3.35. The molecule has 170 valence electrons. The molecule has 2 aliphatic carbocycles. The van der Waals surface area contributed by atoms with E-state index in [1.807, 2.05) is 60.7 Å². The van der Waals surface area contributed by atoms with Gasteiger partial charge in [0, 0.05) is 24.3 Å². The molecule has 1 saturated carbocycles. The number of nitrogens with two attached hydrogens (primary N) is 1. The van der Waals surface area contributed by atoms with Gasteiger partial charge in [0.15, 0.2) is 0 Å². The molecule has 0 spiro atoms. The van der Waals surface area contributed by atoms with Gasteiger partial charge < -0.3 is 5.73 Å². The number of alkyl halides is 2. The van der Waals surface area contributed by atoms with E-state index < -0.39 is 29.6 Å². The summed E-state index contributed by atoms with van der Waals surface area (Å²) in [7, 11) is 0. The van der Waals surface area contributed by atoms with Gasteiger partial charge in [-0.25, -0.2) is 13.8 Å². The van der Waals surface area contributed by atoms with Gasteiger partial charge in [0.25, 0.3) is 11.5 Å². The third kappa shape index (κ3) is 3.96. The minimum atomic E-state index is -2.89. The van der Waals surface area contributed by atoms with Gasteiger partial charge in [-0.2, -0.15) is 0 Å². The highest BCUT2D eigenvalue weighted by Crippen LogP contribution is 2.51. The van der Waals surface area contributed by atoms with Crippen LogP contribution in [0.2, 0.25) is 0 Å². The van der Waals surface area contributed by atoms with Gasteiger partial charge in [-0.1, -0.05) is 60.7 Å². The summed E-state index contributed by atoms with van der Waals surface area (Å²) in [5.74, 6) is -4.99. The maximum absolute atomic E-state index is 13.7. The molecule has 0 bridgehead atoms. The zero-order chi connectivity index (χ0) is 23.2. The lowest BCUT2D eigenvalue weighted by molar-refractivity contribution is -0.126. The van der Waals surface area contributed by atoms with Gasteiger partial charge in [0.2, 0.25) is 5.95 Å². The summed E-state index contributed by atoms with van der Waals surface area (Å²) >= 11 is 0. The van der Waals surface area contributed by atoms with Crippen molar-refractivity contribution in [1.82, 2.24) is 9.55 Å². The Kier molecular flexibility index (Phi) is 5.35. The van der Waals surface area contributed by atoms with Gasteiger partial charge >= 0.3 is 0 Å². The molecule has 33 heavy (non-hydrogen) atoms. The first-order chi connectivity index (χ1) is 15.9. The van der Waals surface area contributed by atoms with E-state index in [4.69, 9.17) is 5.73 Å². The van der Waals surface area contributed by atoms with Crippen molar-refractivity contribution < 1.29 is 13.6 Å². The minimum Gasteiger partial charge on any atom is -0.369 e. The highest BCUT2D eigenvalue weighted by Gasteiger charge is 2.61. The number of ketones is 1. The van der Waals surface area contributed by atoms with Gasteiger partial charge in [-0.15, -0.1) is 0 Å². The molecule has 1 aromatic heterocycles. The molecule has 3 aromatic rings. The number of anilines is 1. The molecule has 0 aliphatic heterocycles. The number of carbonyl (C=O) groups is 1. The number of halogens is 2. The second kappa shape index (κ2) is 8.21. The topological polar surface area (TPSA) is 78.0 Å². The maximum Gasteiger partial charge on any atom is 0.259 e. The molecule has 2 unspecified atom stereocenters. The van der Waals surface area contributed by atoms with E-state index in [-0.39, 0.29) is 24.3 Å². The highest BCUT2D eigenvalue weighted by molar-refractivity contribution is 5.87. The standard InChI is InChI=1S/C26H25F2N3O2/c27-26(28)15-20(26)23(32)18-12-7-13-19-21(14-18)30-25(29)31(24(19)33)22(16-8-3-1-4-9-16)17-10-5-2-6-11-17/h1-6,8-11,18,20,22H,7,12-15H2,(H2,29,30). The second-order valence-electron chi connectivity index (χ2n) is 9.01. The molecule has 0 radical (unpaired) electrons. The summed E-state index contributed by atoms with van der Waals surface area (Å²) in [6.45, 7) is 0. The number of benzene rings is 2.